The van der Waals surface area contributed by atoms with Crippen molar-refractivity contribution in [2.24, 2.45) is 0 Å². The summed E-state index contributed by atoms with van der Waals surface area (Å²) in [5.74, 6) is 0.141. The maximum Gasteiger partial charge on any atom is 0.238 e. The molecular weight excluding hydrogens is 206 g/mol. The fraction of sp³-hybridized carbons (Fsp3) is 0.455. The highest BCUT2D eigenvalue weighted by Crippen LogP contribution is 2.24. The minimum atomic E-state index is -2.21. The molecule has 1 aromatic carbocycles. The predicted molar refractivity (Wildman–Crippen MR) is 55.1 cm³/mol. The molecule has 0 spiro atoms. The van der Waals surface area contributed by atoms with E-state index in [4.69, 9.17) is 11.6 Å². The van der Waals surface area contributed by atoms with E-state index in [2.05, 4.69) is 0 Å². The molecule has 0 heterocycles. The third-order valence-electron chi connectivity index (χ3n) is 2.24. The molecule has 14 heavy (non-hydrogen) atoms. The maximum absolute atomic E-state index is 12.0. The largest absolute Gasteiger partial charge is 0.238 e. The van der Waals surface area contributed by atoms with Crippen molar-refractivity contribution in [2.75, 3.05) is 0 Å². The standard InChI is InChI=1S/C11H13ClF2/c1-8(5-6-11(13)14)9-3-2-4-10(12)7-9/h2-4,7-8,11H,5-6H2,1H3. The molecule has 1 rings (SSSR count). The van der Waals surface area contributed by atoms with Crippen molar-refractivity contribution < 1.29 is 8.78 Å². The second-order valence-corrected chi connectivity index (χ2v) is 3.86. The Hall–Kier alpha value is -0.630. The summed E-state index contributed by atoms with van der Waals surface area (Å²) in [6, 6.07) is 7.38. The van der Waals surface area contributed by atoms with E-state index in [1.807, 2.05) is 25.1 Å². The molecule has 0 amide bonds. The van der Waals surface area contributed by atoms with E-state index in [-0.39, 0.29) is 12.3 Å². The van der Waals surface area contributed by atoms with E-state index in [9.17, 15) is 8.78 Å². The molecule has 1 aromatic rings. The molecule has 0 saturated carbocycles. The van der Waals surface area contributed by atoms with Crippen molar-refractivity contribution in [1.82, 2.24) is 0 Å². The topological polar surface area (TPSA) is 0 Å². The second kappa shape index (κ2) is 5.30. The number of halogens is 3. The van der Waals surface area contributed by atoms with Crippen LogP contribution in [0.3, 0.4) is 0 Å². The van der Waals surface area contributed by atoms with Crippen LogP contribution < -0.4 is 0 Å². The Morgan fingerprint density at radius 2 is 2.00 bits per heavy atom. The van der Waals surface area contributed by atoms with Gasteiger partial charge in [0.15, 0.2) is 0 Å². The van der Waals surface area contributed by atoms with Gasteiger partial charge in [0.1, 0.15) is 0 Å². The van der Waals surface area contributed by atoms with Gasteiger partial charge in [-0.25, -0.2) is 8.78 Å². The Balaban J connectivity index is 2.56. The number of benzene rings is 1. The monoisotopic (exact) mass is 218 g/mol. The van der Waals surface area contributed by atoms with Crippen molar-refractivity contribution in [2.45, 2.75) is 32.1 Å². The van der Waals surface area contributed by atoms with Gasteiger partial charge < -0.3 is 0 Å². The smallest absolute Gasteiger partial charge is 0.211 e. The lowest BCUT2D eigenvalue weighted by Gasteiger charge is -2.11. The van der Waals surface area contributed by atoms with Gasteiger partial charge in [0, 0.05) is 11.4 Å². The molecule has 0 aliphatic heterocycles. The minimum absolute atomic E-state index is 0.0479. The van der Waals surface area contributed by atoms with Crippen LogP contribution in [0.5, 0.6) is 0 Å². The summed E-state index contributed by atoms with van der Waals surface area (Å²) < 4.78 is 23.9. The van der Waals surface area contributed by atoms with Gasteiger partial charge in [0.2, 0.25) is 6.43 Å². The number of hydrogen-bond donors (Lipinski definition) is 0. The fourth-order valence-electron chi connectivity index (χ4n) is 1.36. The van der Waals surface area contributed by atoms with Crippen molar-refractivity contribution in [3.63, 3.8) is 0 Å². The minimum Gasteiger partial charge on any atom is -0.211 e. The van der Waals surface area contributed by atoms with E-state index in [1.54, 1.807) is 6.07 Å². The van der Waals surface area contributed by atoms with E-state index in [0.29, 0.717) is 11.4 Å². The Labute approximate surface area is 87.9 Å². The summed E-state index contributed by atoms with van der Waals surface area (Å²) in [7, 11) is 0. The van der Waals surface area contributed by atoms with Crippen molar-refractivity contribution in [3.8, 4) is 0 Å². The van der Waals surface area contributed by atoms with Crippen LogP contribution in [0.1, 0.15) is 31.2 Å². The average molecular weight is 219 g/mol. The summed E-state index contributed by atoms with van der Waals surface area (Å²) in [5.41, 5.74) is 1.03. The zero-order chi connectivity index (χ0) is 10.6. The van der Waals surface area contributed by atoms with Crippen LogP contribution in [0.4, 0.5) is 8.78 Å². The molecule has 0 N–H and O–H groups in total. The van der Waals surface area contributed by atoms with Gasteiger partial charge in [-0.3, -0.25) is 0 Å². The first kappa shape index (κ1) is 11.4. The summed E-state index contributed by atoms with van der Waals surface area (Å²) in [6.07, 6.45) is -1.76. The van der Waals surface area contributed by atoms with Crippen LogP contribution in [0, 0.1) is 0 Å². The molecule has 78 valence electrons. The van der Waals surface area contributed by atoms with Crippen LogP contribution >= 0.6 is 11.6 Å². The molecule has 0 aliphatic carbocycles. The van der Waals surface area contributed by atoms with E-state index in [1.165, 1.54) is 0 Å². The molecule has 3 heteroatoms. The number of rotatable bonds is 4. The van der Waals surface area contributed by atoms with E-state index < -0.39 is 6.43 Å². The second-order valence-electron chi connectivity index (χ2n) is 3.42. The van der Waals surface area contributed by atoms with Gasteiger partial charge in [-0.1, -0.05) is 30.7 Å². The highest BCUT2D eigenvalue weighted by atomic mass is 35.5. The summed E-state index contributed by atoms with van der Waals surface area (Å²) in [4.78, 5) is 0. The predicted octanol–water partition coefficient (Wildman–Crippen LogP) is 4.49. The Bertz CT molecular complexity index is 286. The molecule has 1 atom stereocenters. The zero-order valence-electron chi connectivity index (χ0n) is 8.01. The SMILES string of the molecule is CC(CCC(F)F)c1cccc(Cl)c1. The van der Waals surface area contributed by atoms with Gasteiger partial charge in [0.25, 0.3) is 0 Å². The maximum atomic E-state index is 12.0. The third kappa shape index (κ3) is 3.62. The Morgan fingerprint density at radius 3 is 2.57 bits per heavy atom. The molecule has 0 aliphatic rings. The Morgan fingerprint density at radius 1 is 1.29 bits per heavy atom. The number of hydrogen-bond acceptors (Lipinski definition) is 0. The fourth-order valence-corrected chi connectivity index (χ4v) is 1.55. The van der Waals surface area contributed by atoms with Crippen LogP contribution in [-0.4, -0.2) is 6.43 Å². The number of alkyl halides is 2. The first-order valence-corrected chi connectivity index (χ1v) is 5.01. The summed E-state index contributed by atoms with van der Waals surface area (Å²) in [5, 5.41) is 0.659. The normalized spacial score (nSPS) is 13.2. The van der Waals surface area contributed by atoms with Crippen LogP contribution in [-0.2, 0) is 0 Å². The molecule has 0 aromatic heterocycles. The quantitative estimate of drug-likeness (QED) is 0.699. The Kier molecular flexibility index (Phi) is 4.33. The van der Waals surface area contributed by atoms with Gasteiger partial charge in [-0.15, -0.1) is 0 Å². The lowest BCUT2D eigenvalue weighted by molar-refractivity contribution is 0.132. The zero-order valence-corrected chi connectivity index (χ0v) is 8.77. The summed E-state index contributed by atoms with van der Waals surface area (Å²) in [6.45, 7) is 1.94. The highest BCUT2D eigenvalue weighted by Gasteiger charge is 2.09. The van der Waals surface area contributed by atoms with Crippen LogP contribution in [0.15, 0.2) is 24.3 Å². The molecule has 0 nitrogen and oxygen atoms in total. The first-order chi connectivity index (χ1) is 6.59. The lowest BCUT2D eigenvalue weighted by atomic mass is 9.96. The van der Waals surface area contributed by atoms with Crippen LogP contribution in [0.2, 0.25) is 5.02 Å². The van der Waals surface area contributed by atoms with Gasteiger partial charge >= 0.3 is 0 Å². The van der Waals surface area contributed by atoms with Crippen molar-refractivity contribution in [3.05, 3.63) is 34.9 Å². The molecule has 0 bridgehead atoms. The van der Waals surface area contributed by atoms with Crippen molar-refractivity contribution >= 4 is 11.6 Å². The third-order valence-corrected chi connectivity index (χ3v) is 2.47. The van der Waals surface area contributed by atoms with E-state index in [0.717, 1.165) is 5.56 Å². The lowest BCUT2D eigenvalue weighted by Crippen LogP contribution is -1.98. The van der Waals surface area contributed by atoms with Gasteiger partial charge in [-0.05, 0) is 30.0 Å². The van der Waals surface area contributed by atoms with Crippen molar-refractivity contribution in [1.29, 1.82) is 0 Å². The summed E-state index contributed by atoms with van der Waals surface area (Å²) >= 11 is 5.80. The van der Waals surface area contributed by atoms with E-state index >= 15 is 0 Å². The van der Waals surface area contributed by atoms with Crippen LogP contribution in [0.25, 0.3) is 0 Å². The van der Waals surface area contributed by atoms with Gasteiger partial charge in [-0.2, -0.15) is 0 Å². The van der Waals surface area contributed by atoms with Gasteiger partial charge in [0.05, 0.1) is 0 Å². The molecular formula is C11H13ClF2. The molecule has 0 saturated heterocycles. The molecule has 0 radical (unpaired) electrons. The molecule has 1 unspecified atom stereocenters. The highest BCUT2D eigenvalue weighted by molar-refractivity contribution is 6.30. The first-order valence-electron chi connectivity index (χ1n) is 4.63. The average Bonchev–Trinajstić information content (AvgIpc) is 2.14. The molecule has 0 fully saturated rings.